The number of piperidine rings is 1. The number of carbonyl (C=O) groups is 1. The van der Waals surface area contributed by atoms with Gasteiger partial charge in [-0.2, -0.15) is 0 Å². The summed E-state index contributed by atoms with van der Waals surface area (Å²) in [7, 11) is 2.19. The first-order chi connectivity index (χ1) is 8.65. The predicted octanol–water partition coefficient (Wildman–Crippen LogP) is 0.173. The molecule has 104 valence electrons. The lowest BCUT2D eigenvalue weighted by Crippen LogP contribution is -2.45. The minimum atomic E-state index is -0.706. The maximum absolute atomic E-state index is 10.7. The van der Waals surface area contributed by atoms with Gasteiger partial charge in [0.15, 0.2) is 0 Å². The van der Waals surface area contributed by atoms with E-state index in [1.54, 1.807) is 0 Å². The van der Waals surface area contributed by atoms with Crippen LogP contribution in [0.5, 0.6) is 0 Å². The van der Waals surface area contributed by atoms with Gasteiger partial charge in [-0.15, -0.1) is 0 Å². The Kier molecular flexibility index (Phi) is 4.97. The molecule has 0 atom stereocenters. The van der Waals surface area contributed by atoms with Crippen LogP contribution in [-0.2, 0) is 4.79 Å². The van der Waals surface area contributed by atoms with E-state index < -0.39 is 5.97 Å². The molecule has 0 aromatic heterocycles. The molecule has 2 aliphatic heterocycles. The van der Waals surface area contributed by atoms with E-state index in [9.17, 15) is 4.79 Å². The quantitative estimate of drug-likeness (QED) is 0.779. The Bertz CT molecular complexity index is 277. The van der Waals surface area contributed by atoms with E-state index in [0.29, 0.717) is 6.04 Å². The topological polar surface area (TPSA) is 47.0 Å². The molecule has 0 aromatic carbocycles. The number of hydrogen-bond acceptors (Lipinski definition) is 4. The van der Waals surface area contributed by atoms with E-state index in [1.807, 2.05) is 0 Å². The number of nitrogens with zero attached hydrogens (tertiary/aromatic N) is 3. The van der Waals surface area contributed by atoms with Crippen LogP contribution in [0.1, 0.15) is 19.3 Å². The largest absolute Gasteiger partial charge is 0.480 e. The van der Waals surface area contributed by atoms with Crippen molar-refractivity contribution in [3.63, 3.8) is 0 Å². The minimum Gasteiger partial charge on any atom is -0.480 e. The molecule has 0 radical (unpaired) electrons. The second-order valence-electron chi connectivity index (χ2n) is 5.59. The van der Waals surface area contributed by atoms with E-state index in [-0.39, 0.29) is 6.54 Å². The molecule has 2 saturated heterocycles. The molecule has 2 fully saturated rings. The molecule has 2 heterocycles. The third-order valence-corrected chi connectivity index (χ3v) is 4.19. The first-order valence-electron chi connectivity index (χ1n) is 7.02. The monoisotopic (exact) mass is 255 g/mol. The number of carboxylic acid groups (broad SMARTS) is 1. The molecule has 5 nitrogen and oxygen atoms in total. The molecule has 5 heteroatoms. The van der Waals surface area contributed by atoms with E-state index in [4.69, 9.17) is 5.11 Å². The highest BCUT2D eigenvalue weighted by Gasteiger charge is 2.25. The van der Waals surface area contributed by atoms with Crippen LogP contribution in [0, 0.1) is 0 Å². The maximum Gasteiger partial charge on any atom is 0.317 e. The first kappa shape index (κ1) is 13.8. The molecule has 0 saturated carbocycles. The number of likely N-dealkylation sites (tertiary alicyclic amines) is 1. The Morgan fingerprint density at radius 3 is 2.50 bits per heavy atom. The molecular weight excluding hydrogens is 230 g/mol. The van der Waals surface area contributed by atoms with E-state index in [2.05, 4.69) is 21.7 Å². The van der Waals surface area contributed by atoms with Gasteiger partial charge in [-0.1, -0.05) is 0 Å². The summed E-state index contributed by atoms with van der Waals surface area (Å²) in [5.41, 5.74) is 0. The molecular formula is C13H25N3O2. The van der Waals surface area contributed by atoms with Crippen LogP contribution in [0.2, 0.25) is 0 Å². The molecule has 2 aliphatic rings. The smallest absolute Gasteiger partial charge is 0.317 e. The van der Waals surface area contributed by atoms with Gasteiger partial charge >= 0.3 is 5.97 Å². The van der Waals surface area contributed by atoms with Crippen molar-refractivity contribution >= 4 is 5.97 Å². The minimum absolute atomic E-state index is 0.196. The average molecular weight is 255 g/mol. The van der Waals surface area contributed by atoms with E-state index >= 15 is 0 Å². The van der Waals surface area contributed by atoms with Gasteiger partial charge in [0.2, 0.25) is 0 Å². The Labute approximate surface area is 109 Å². The zero-order chi connectivity index (χ0) is 13.0. The SMILES string of the molecule is CN1CCC(N2CCCN(CC(=O)O)CC2)CC1. The molecule has 0 spiro atoms. The van der Waals surface area contributed by atoms with Gasteiger partial charge in [-0.25, -0.2) is 0 Å². The van der Waals surface area contributed by atoms with Crippen LogP contribution < -0.4 is 0 Å². The normalized spacial score (nSPS) is 26.1. The van der Waals surface area contributed by atoms with Crippen molar-refractivity contribution in [2.24, 2.45) is 0 Å². The Morgan fingerprint density at radius 1 is 1.11 bits per heavy atom. The summed E-state index contributed by atoms with van der Waals surface area (Å²) in [5, 5.41) is 8.84. The van der Waals surface area contributed by atoms with Gasteiger partial charge < -0.3 is 10.0 Å². The lowest BCUT2D eigenvalue weighted by molar-refractivity contribution is -0.138. The third-order valence-electron chi connectivity index (χ3n) is 4.19. The summed E-state index contributed by atoms with van der Waals surface area (Å²) in [6.45, 7) is 6.57. The van der Waals surface area contributed by atoms with Crippen molar-refractivity contribution in [1.29, 1.82) is 0 Å². The van der Waals surface area contributed by atoms with Gasteiger partial charge in [-0.05, 0) is 45.9 Å². The lowest BCUT2D eigenvalue weighted by atomic mass is 10.0. The second-order valence-corrected chi connectivity index (χ2v) is 5.59. The second kappa shape index (κ2) is 6.50. The predicted molar refractivity (Wildman–Crippen MR) is 70.8 cm³/mol. The lowest BCUT2D eigenvalue weighted by Gasteiger charge is -2.36. The van der Waals surface area contributed by atoms with Crippen LogP contribution in [-0.4, -0.2) is 84.7 Å². The molecule has 0 aliphatic carbocycles. The Hall–Kier alpha value is -0.650. The standard InChI is InChI=1S/C13H25N3O2/c1-14-7-3-12(4-8-14)16-6-2-5-15(9-10-16)11-13(17)18/h12H,2-11H2,1H3,(H,17,18). The first-order valence-corrected chi connectivity index (χ1v) is 7.02. The maximum atomic E-state index is 10.7. The number of carboxylic acids is 1. The fourth-order valence-electron chi connectivity index (χ4n) is 3.07. The number of hydrogen-bond donors (Lipinski definition) is 1. The van der Waals surface area contributed by atoms with Gasteiger partial charge in [0, 0.05) is 25.7 Å². The summed E-state index contributed by atoms with van der Waals surface area (Å²) >= 11 is 0. The molecule has 0 unspecified atom stereocenters. The van der Waals surface area contributed by atoms with E-state index in [1.165, 1.54) is 25.9 Å². The molecule has 0 amide bonds. The fourth-order valence-corrected chi connectivity index (χ4v) is 3.07. The van der Waals surface area contributed by atoms with Crippen LogP contribution in [0.3, 0.4) is 0 Å². The van der Waals surface area contributed by atoms with Crippen molar-refractivity contribution in [1.82, 2.24) is 14.7 Å². The van der Waals surface area contributed by atoms with Crippen molar-refractivity contribution in [2.45, 2.75) is 25.3 Å². The summed E-state index contributed by atoms with van der Waals surface area (Å²) < 4.78 is 0. The van der Waals surface area contributed by atoms with Gasteiger partial charge in [0.05, 0.1) is 6.54 Å². The Balaban J connectivity index is 1.79. The molecule has 2 rings (SSSR count). The number of aliphatic carboxylic acids is 1. The van der Waals surface area contributed by atoms with Crippen molar-refractivity contribution in [3.05, 3.63) is 0 Å². The molecule has 0 aromatic rings. The van der Waals surface area contributed by atoms with Crippen LogP contribution in [0.4, 0.5) is 0 Å². The third kappa shape index (κ3) is 3.93. The van der Waals surface area contributed by atoms with Gasteiger partial charge in [0.1, 0.15) is 0 Å². The fraction of sp³-hybridized carbons (Fsp3) is 0.923. The van der Waals surface area contributed by atoms with E-state index in [0.717, 1.165) is 32.6 Å². The summed E-state index contributed by atoms with van der Waals surface area (Å²) in [4.78, 5) is 17.8. The highest BCUT2D eigenvalue weighted by atomic mass is 16.4. The van der Waals surface area contributed by atoms with Gasteiger partial charge in [-0.3, -0.25) is 14.6 Å². The van der Waals surface area contributed by atoms with Crippen LogP contribution >= 0.6 is 0 Å². The Morgan fingerprint density at radius 2 is 1.83 bits per heavy atom. The molecule has 1 N–H and O–H groups in total. The van der Waals surface area contributed by atoms with Crippen LogP contribution in [0.25, 0.3) is 0 Å². The molecule has 18 heavy (non-hydrogen) atoms. The highest BCUT2D eigenvalue weighted by molar-refractivity contribution is 5.69. The van der Waals surface area contributed by atoms with Crippen molar-refractivity contribution in [2.75, 3.05) is 52.9 Å². The zero-order valence-electron chi connectivity index (χ0n) is 11.3. The van der Waals surface area contributed by atoms with Crippen molar-refractivity contribution < 1.29 is 9.90 Å². The van der Waals surface area contributed by atoms with Crippen molar-refractivity contribution in [3.8, 4) is 0 Å². The number of rotatable bonds is 3. The summed E-state index contributed by atoms with van der Waals surface area (Å²) in [5.74, 6) is -0.706. The average Bonchev–Trinajstić information content (AvgIpc) is 2.55. The van der Waals surface area contributed by atoms with Gasteiger partial charge in [0.25, 0.3) is 0 Å². The zero-order valence-corrected chi connectivity index (χ0v) is 11.3. The highest BCUT2D eigenvalue weighted by Crippen LogP contribution is 2.17. The summed E-state index contributed by atoms with van der Waals surface area (Å²) in [6.07, 6.45) is 3.62. The summed E-state index contributed by atoms with van der Waals surface area (Å²) in [6, 6.07) is 0.714. The van der Waals surface area contributed by atoms with Crippen LogP contribution in [0.15, 0.2) is 0 Å². The molecule has 0 bridgehead atoms.